The number of amides is 1. The Kier molecular flexibility index (Phi) is 5.85. The molecule has 0 heterocycles. The van der Waals surface area contributed by atoms with Crippen LogP contribution < -0.4 is 4.90 Å². The second-order valence-electron chi connectivity index (χ2n) is 5.88. The van der Waals surface area contributed by atoms with Gasteiger partial charge in [0.1, 0.15) is 12.1 Å². The zero-order chi connectivity index (χ0) is 18.9. The Bertz CT molecular complexity index is 607. The first-order valence-corrected chi connectivity index (χ1v) is 7.33. The average Bonchev–Trinajstić information content (AvgIpc) is 2.30. The number of ether oxygens (including phenoxy) is 1. The van der Waals surface area contributed by atoms with Crippen LogP contribution in [0.1, 0.15) is 26.3 Å². The van der Waals surface area contributed by atoms with Crippen LogP contribution in [0.3, 0.4) is 0 Å². The summed E-state index contributed by atoms with van der Waals surface area (Å²) in [6, 6.07) is 2.13. The first kappa shape index (κ1) is 20.6. The van der Waals surface area contributed by atoms with Crippen molar-refractivity contribution in [2.75, 3.05) is 11.4 Å². The van der Waals surface area contributed by atoms with Gasteiger partial charge >= 0.3 is 18.4 Å². The quantitative estimate of drug-likeness (QED) is 0.567. The largest absolute Gasteiger partial charge is 0.443 e. The molecule has 0 aliphatic carbocycles. The molecule has 0 atom stereocenters. The number of rotatable bonds is 2. The van der Waals surface area contributed by atoms with E-state index in [0.717, 1.165) is 6.07 Å². The van der Waals surface area contributed by atoms with E-state index in [1.165, 1.54) is 20.8 Å². The molecule has 136 valence electrons. The molecule has 1 aromatic carbocycles. The van der Waals surface area contributed by atoms with Crippen LogP contribution in [0, 0.1) is 0 Å². The second-order valence-corrected chi connectivity index (χ2v) is 6.79. The lowest BCUT2D eigenvalue weighted by atomic mass is 10.1. The van der Waals surface area contributed by atoms with Gasteiger partial charge in [-0.25, -0.2) is 4.79 Å². The zero-order valence-electron chi connectivity index (χ0n) is 12.8. The van der Waals surface area contributed by atoms with Crippen LogP contribution in [0.15, 0.2) is 22.7 Å². The highest BCUT2D eigenvalue weighted by molar-refractivity contribution is 9.10. The van der Waals surface area contributed by atoms with Crippen molar-refractivity contribution in [1.82, 2.24) is 0 Å². The zero-order valence-corrected chi connectivity index (χ0v) is 14.4. The van der Waals surface area contributed by atoms with Gasteiger partial charge in [-0.05, 0) is 39.0 Å². The first-order valence-electron chi connectivity index (χ1n) is 6.53. The Hall–Kier alpha value is -1.45. The molecule has 1 amide bonds. The van der Waals surface area contributed by atoms with E-state index in [9.17, 15) is 31.1 Å². The van der Waals surface area contributed by atoms with Crippen LogP contribution in [-0.4, -0.2) is 24.4 Å². The van der Waals surface area contributed by atoms with E-state index < -0.39 is 41.8 Å². The van der Waals surface area contributed by atoms with E-state index >= 15 is 0 Å². The number of anilines is 1. The number of benzene rings is 1. The third-order valence-corrected chi connectivity index (χ3v) is 2.93. The molecule has 0 aliphatic heterocycles. The van der Waals surface area contributed by atoms with Crippen molar-refractivity contribution < 1.29 is 35.9 Å². The van der Waals surface area contributed by atoms with Crippen LogP contribution in [-0.2, 0) is 10.9 Å². The molecule has 0 radical (unpaired) electrons. The third kappa shape index (κ3) is 6.58. The summed E-state index contributed by atoms with van der Waals surface area (Å²) in [6.45, 7) is 2.51. The van der Waals surface area contributed by atoms with Gasteiger partial charge in [0.15, 0.2) is 0 Å². The molecule has 3 nitrogen and oxygen atoms in total. The van der Waals surface area contributed by atoms with Gasteiger partial charge in [-0.2, -0.15) is 26.3 Å². The van der Waals surface area contributed by atoms with Crippen LogP contribution in [0.2, 0.25) is 0 Å². The van der Waals surface area contributed by atoms with Gasteiger partial charge in [-0.15, -0.1) is 0 Å². The van der Waals surface area contributed by atoms with Gasteiger partial charge in [0.05, 0.1) is 5.56 Å². The maximum Gasteiger partial charge on any atom is 0.416 e. The average molecular weight is 422 g/mol. The van der Waals surface area contributed by atoms with Crippen molar-refractivity contribution in [2.45, 2.75) is 38.7 Å². The molecule has 0 bridgehead atoms. The Morgan fingerprint density at radius 2 is 1.62 bits per heavy atom. The molecule has 1 aromatic rings. The van der Waals surface area contributed by atoms with Crippen molar-refractivity contribution in [3.63, 3.8) is 0 Å². The van der Waals surface area contributed by atoms with E-state index in [1.807, 2.05) is 0 Å². The van der Waals surface area contributed by atoms with E-state index in [0.29, 0.717) is 12.1 Å². The van der Waals surface area contributed by atoms with Crippen LogP contribution in [0.4, 0.5) is 36.8 Å². The monoisotopic (exact) mass is 421 g/mol. The summed E-state index contributed by atoms with van der Waals surface area (Å²) >= 11 is 2.80. The normalized spacial score (nSPS) is 12.9. The summed E-state index contributed by atoms with van der Waals surface area (Å²) in [6.07, 6.45) is -11.0. The van der Waals surface area contributed by atoms with Crippen molar-refractivity contribution in [2.24, 2.45) is 0 Å². The van der Waals surface area contributed by atoms with Gasteiger partial charge in [-0.1, -0.05) is 15.9 Å². The number of hydrogen-bond acceptors (Lipinski definition) is 2. The minimum atomic E-state index is -4.82. The maximum absolute atomic E-state index is 12.8. The Labute approximate surface area is 142 Å². The molecular weight excluding hydrogens is 408 g/mol. The van der Waals surface area contributed by atoms with Gasteiger partial charge in [0, 0.05) is 10.2 Å². The number of alkyl halides is 6. The highest BCUT2D eigenvalue weighted by Gasteiger charge is 2.37. The van der Waals surface area contributed by atoms with Crippen molar-refractivity contribution in [1.29, 1.82) is 0 Å². The number of carbonyl (C=O) groups excluding carboxylic acids is 1. The second kappa shape index (κ2) is 6.81. The fourth-order valence-corrected chi connectivity index (χ4v) is 2.13. The number of halogens is 7. The first-order chi connectivity index (χ1) is 10.6. The minimum Gasteiger partial charge on any atom is -0.443 e. The summed E-state index contributed by atoms with van der Waals surface area (Å²) in [5.74, 6) is 0. The van der Waals surface area contributed by atoms with Gasteiger partial charge in [-0.3, -0.25) is 4.90 Å². The SMILES string of the molecule is CC(C)(C)OC(=O)N(CC(F)(F)F)c1cc(Br)cc(C(F)(F)F)c1. The number of nitrogens with zero attached hydrogens (tertiary/aromatic N) is 1. The number of carbonyl (C=O) groups is 1. The molecule has 0 saturated heterocycles. The van der Waals surface area contributed by atoms with E-state index in [4.69, 9.17) is 4.74 Å². The molecule has 0 unspecified atom stereocenters. The maximum atomic E-state index is 12.8. The Morgan fingerprint density at radius 1 is 1.08 bits per heavy atom. The highest BCUT2D eigenvalue weighted by Crippen LogP contribution is 2.35. The van der Waals surface area contributed by atoms with Crippen LogP contribution in [0.5, 0.6) is 0 Å². The Morgan fingerprint density at radius 3 is 2.04 bits per heavy atom. The molecule has 0 aromatic heterocycles. The topological polar surface area (TPSA) is 29.5 Å². The van der Waals surface area contributed by atoms with Crippen molar-refractivity contribution in [3.8, 4) is 0 Å². The van der Waals surface area contributed by atoms with E-state index in [1.54, 1.807) is 0 Å². The third-order valence-electron chi connectivity index (χ3n) is 2.47. The summed E-state index contributed by atoms with van der Waals surface area (Å²) in [5.41, 5.74) is -2.88. The molecule has 24 heavy (non-hydrogen) atoms. The smallest absolute Gasteiger partial charge is 0.416 e. The fourth-order valence-electron chi connectivity index (χ4n) is 1.65. The molecule has 0 spiro atoms. The lowest BCUT2D eigenvalue weighted by molar-refractivity contribution is -0.137. The van der Waals surface area contributed by atoms with Gasteiger partial charge < -0.3 is 4.74 Å². The van der Waals surface area contributed by atoms with Crippen molar-refractivity contribution >= 4 is 27.7 Å². The molecule has 0 fully saturated rings. The Balaban J connectivity index is 3.34. The predicted molar refractivity (Wildman–Crippen MR) is 78.8 cm³/mol. The molecule has 0 N–H and O–H groups in total. The van der Waals surface area contributed by atoms with Crippen molar-refractivity contribution in [3.05, 3.63) is 28.2 Å². The van der Waals surface area contributed by atoms with Gasteiger partial charge in [0.2, 0.25) is 0 Å². The predicted octanol–water partition coefficient (Wildman–Crippen LogP) is 5.77. The molecule has 0 saturated carbocycles. The minimum absolute atomic E-state index is 0.116. The molecule has 0 aliphatic rings. The summed E-state index contributed by atoms with van der Waals surface area (Å²) in [7, 11) is 0. The molecule has 1 rings (SSSR count). The summed E-state index contributed by atoms with van der Waals surface area (Å²) in [5, 5.41) is 0. The lowest BCUT2D eigenvalue weighted by Crippen LogP contribution is -2.42. The number of hydrogen-bond donors (Lipinski definition) is 0. The van der Waals surface area contributed by atoms with E-state index in [-0.39, 0.29) is 9.37 Å². The van der Waals surface area contributed by atoms with Gasteiger partial charge in [0.25, 0.3) is 0 Å². The van der Waals surface area contributed by atoms with E-state index in [2.05, 4.69) is 15.9 Å². The van der Waals surface area contributed by atoms with Crippen LogP contribution in [0.25, 0.3) is 0 Å². The highest BCUT2D eigenvalue weighted by atomic mass is 79.9. The summed E-state index contributed by atoms with van der Waals surface area (Å²) < 4.78 is 81.5. The lowest BCUT2D eigenvalue weighted by Gasteiger charge is -2.28. The molecule has 10 heteroatoms. The summed E-state index contributed by atoms with van der Waals surface area (Å²) in [4.78, 5) is 12.1. The van der Waals surface area contributed by atoms with Crippen LogP contribution >= 0.6 is 15.9 Å². The standard InChI is InChI=1S/C14H14BrF6NO2/c1-12(2,3)24-11(23)22(7-13(16,17)18)10-5-8(14(19,20)21)4-9(15)6-10/h4-6H,7H2,1-3H3. The fraction of sp³-hybridized carbons (Fsp3) is 0.500. The molecular formula is C14H14BrF6NO2.